The molecular formula is C20H25N3O2. The van der Waals surface area contributed by atoms with Crippen LogP contribution in [0.25, 0.3) is 0 Å². The fraction of sp³-hybridized carbons (Fsp3) is 0.300. The summed E-state index contributed by atoms with van der Waals surface area (Å²) in [6.45, 7) is 8.07. The van der Waals surface area contributed by atoms with Crippen molar-refractivity contribution in [2.75, 3.05) is 30.3 Å². The largest absolute Gasteiger partial charge is 0.325 e. The highest BCUT2D eigenvalue weighted by molar-refractivity contribution is 6.04. The van der Waals surface area contributed by atoms with E-state index in [9.17, 15) is 9.59 Å². The summed E-state index contributed by atoms with van der Waals surface area (Å²) in [5, 5.41) is 5.72. The SMILES string of the molecule is CCN(CC)CC(=O)Nc1ccc(NC(=O)c2cccc(C)c2)cc1. The van der Waals surface area contributed by atoms with Crippen LogP contribution in [0.3, 0.4) is 0 Å². The number of carbonyl (C=O) groups is 2. The van der Waals surface area contributed by atoms with E-state index in [0.717, 1.165) is 18.7 Å². The van der Waals surface area contributed by atoms with Crippen LogP contribution in [0.2, 0.25) is 0 Å². The molecular weight excluding hydrogens is 314 g/mol. The van der Waals surface area contributed by atoms with Gasteiger partial charge in [-0.1, -0.05) is 31.5 Å². The van der Waals surface area contributed by atoms with Gasteiger partial charge in [0.15, 0.2) is 0 Å². The molecule has 0 aliphatic carbocycles. The zero-order valence-corrected chi connectivity index (χ0v) is 15.0. The van der Waals surface area contributed by atoms with E-state index in [-0.39, 0.29) is 11.8 Å². The minimum Gasteiger partial charge on any atom is -0.325 e. The first-order valence-electron chi connectivity index (χ1n) is 8.52. The molecule has 0 aliphatic heterocycles. The Labute approximate surface area is 149 Å². The zero-order chi connectivity index (χ0) is 18.2. The molecule has 0 spiro atoms. The molecule has 2 rings (SSSR count). The summed E-state index contributed by atoms with van der Waals surface area (Å²) in [6.07, 6.45) is 0. The highest BCUT2D eigenvalue weighted by Crippen LogP contribution is 2.15. The molecule has 0 unspecified atom stereocenters. The van der Waals surface area contributed by atoms with Crippen molar-refractivity contribution < 1.29 is 9.59 Å². The second kappa shape index (κ2) is 8.99. The average Bonchev–Trinajstić information content (AvgIpc) is 2.61. The summed E-state index contributed by atoms with van der Waals surface area (Å²) in [5.41, 5.74) is 3.06. The lowest BCUT2D eigenvalue weighted by atomic mass is 10.1. The fourth-order valence-electron chi connectivity index (χ4n) is 2.48. The van der Waals surface area contributed by atoms with Gasteiger partial charge in [-0.25, -0.2) is 0 Å². The van der Waals surface area contributed by atoms with Crippen molar-refractivity contribution in [3.63, 3.8) is 0 Å². The quantitative estimate of drug-likeness (QED) is 0.811. The monoisotopic (exact) mass is 339 g/mol. The van der Waals surface area contributed by atoms with Crippen molar-refractivity contribution in [2.24, 2.45) is 0 Å². The van der Waals surface area contributed by atoms with Crippen LogP contribution in [-0.2, 0) is 4.79 Å². The second-order valence-corrected chi connectivity index (χ2v) is 5.91. The van der Waals surface area contributed by atoms with E-state index >= 15 is 0 Å². The van der Waals surface area contributed by atoms with Crippen LogP contribution < -0.4 is 10.6 Å². The van der Waals surface area contributed by atoms with E-state index in [1.165, 1.54) is 0 Å². The zero-order valence-electron chi connectivity index (χ0n) is 15.0. The van der Waals surface area contributed by atoms with Crippen molar-refractivity contribution in [1.29, 1.82) is 0 Å². The van der Waals surface area contributed by atoms with E-state index < -0.39 is 0 Å². The molecule has 0 saturated heterocycles. The van der Waals surface area contributed by atoms with Crippen LogP contribution in [-0.4, -0.2) is 36.3 Å². The van der Waals surface area contributed by atoms with Gasteiger partial charge < -0.3 is 10.6 Å². The molecule has 0 fully saturated rings. The van der Waals surface area contributed by atoms with Gasteiger partial charge in [-0.05, 0) is 56.4 Å². The Kier molecular flexibility index (Phi) is 6.71. The number of likely N-dealkylation sites (N-methyl/N-ethyl adjacent to an activating group) is 1. The molecule has 2 amide bonds. The topological polar surface area (TPSA) is 61.4 Å². The van der Waals surface area contributed by atoms with E-state index in [0.29, 0.717) is 23.5 Å². The Morgan fingerprint density at radius 2 is 1.52 bits per heavy atom. The molecule has 2 N–H and O–H groups in total. The number of hydrogen-bond donors (Lipinski definition) is 2. The van der Waals surface area contributed by atoms with E-state index in [2.05, 4.69) is 10.6 Å². The normalized spacial score (nSPS) is 10.6. The van der Waals surface area contributed by atoms with E-state index in [1.54, 1.807) is 30.3 Å². The summed E-state index contributed by atoms with van der Waals surface area (Å²) in [6, 6.07) is 14.6. The van der Waals surface area contributed by atoms with Crippen LogP contribution >= 0.6 is 0 Å². The first kappa shape index (κ1) is 18.7. The summed E-state index contributed by atoms with van der Waals surface area (Å²) >= 11 is 0. The molecule has 5 heteroatoms. The van der Waals surface area contributed by atoms with Gasteiger partial charge >= 0.3 is 0 Å². The third kappa shape index (κ3) is 5.72. The van der Waals surface area contributed by atoms with Gasteiger partial charge in [-0.15, -0.1) is 0 Å². The Morgan fingerprint density at radius 3 is 2.08 bits per heavy atom. The van der Waals surface area contributed by atoms with Gasteiger partial charge in [0.1, 0.15) is 0 Å². The van der Waals surface area contributed by atoms with Gasteiger partial charge in [0.2, 0.25) is 5.91 Å². The summed E-state index contributed by atoms with van der Waals surface area (Å²) in [4.78, 5) is 26.3. The molecule has 0 heterocycles. The van der Waals surface area contributed by atoms with Crippen molar-refractivity contribution in [3.05, 3.63) is 59.7 Å². The predicted molar refractivity (Wildman–Crippen MR) is 102 cm³/mol. The van der Waals surface area contributed by atoms with Crippen molar-refractivity contribution >= 4 is 23.2 Å². The van der Waals surface area contributed by atoms with Crippen LogP contribution in [0.5, 0.6) is 0 Å². The highest BCUT2D eigenvalue weighted by Gasteiger charge is 2.09. The molecule has 5 nitrogen and oxygen atoms in total. The predicted octanol–water partition coefficient (Wildman–Crippen LogP) is 3.53. The summed E-state index contributed by atoms with van der Waals surface area (Å²) in [7, 11) is 0. The lowest BCUT2D eigenvalue weighted by molar-refractivity contribution is -0.117. The molecule has 2 aromatic rings. The number of benzene rings is 2. The Bertz CT molecular complexity index is 722. The Hall–Kier alpha value is -2.66. The Balaban J connectivity index is 1.93. The van der Waals surface area contributed by atoms with Crippen molar-refractivity contribution in [2.45, 2.75) is 20.8 Å². The van der Waals surface area contributed by atoms with Gasteiger partial charge in [0.25, 0.3) is 5.91 Å². The standard InChI is InChI=1S/C20H25N3O2/c1-4-23(5-2)14-19(24)21-17-9-11-18(12-10-17)22-20(25)16-8-6-7-15(3)13-16/h6-13H,4-5,14H2,1-3H3,(H,21,24)(H,22,25). The molecule has 132 valence electrons. The average molecular weight is 339 g/mol. The molecule has 25 heavy (non-hydrogen) atoms. The molecule has 2 aromatic carbocycles. The van der Waals surface area contributed by atoms with Crippen molar-refractivity contribution in [1.82, 2.24) is 4.90 Å². The number of carbonyl (C=O) groups excluding carboxylic acids is 2. The van der Waals surface area contributed by atoms with Gasteiger partial charge in [-0.2, -0.15) is 0 Å². The van der Waals surface area contributed by atoms with Gasteiger partial charge in [-0.3, -0.25) is 14.5 Å². The lowest BCUT2D eigenvalue weighted by Crippen LogP contribution is -2.32. The minimum absolute atomic E-state index is 0.0414. The first-order chi connectivity index (χ1) is 12.0. The third-order valence-electron chi connectivity index (χ3n) is 3.97. The maximum Gasteiger partial charge on any atom is 0.255 e. The number of amides is 2. The fourth-order valence-corrected chi connectivity index (χ4v) is 2.48. The molecule has 0 atom stereocenters. The molecule has 0 saturated carbocycles. The second-order valence-electron chi connectivity index (χ2n) is 5.91. The van der Waals surface area contributed by atoms with Crippen LogP contribution in [0.1, 0.15) is 29.8 Å². The highest BCUT2D eigenvalue weighted by atomic mass is 16.2. The summed E-state index contributed by atoms with van der Waals surface area (Å²) in [5.74, 6) is -0.192. The minimum atomic E-state index is -0.151. The number of anilines is 2. The number of aryl methyl sites for hydroxylation is 1. The first-order valence-corrected chi connectivity index (χ1v) is 8.52. The van der Waals surface area contributed by atoms with E-state index in [1.807, 2.05) is 43.9 Å². The summed E-state index contributed by atoms with van der Waals surface area (Å²) < 4.78 is 0. The van der Waals surface area contributed by atoms with Crippen molar-refractivity contribution in [3.8, 4) is 0 Å². The number of nitrogens with zero attached hydrogens (tertiary/aromatic N) is 1. The maximum atomic E-state index is 12.2. The Morgan fingerprint density at radius 1 is 0.920 bits per heavy atom. The van der Waals surface area contributed by atoms with Gasteiger partial charge in [0.05, 0.1) is 6.54 Å². The third-order valence-corrected chi connectivity index (χ3v) is 3.97. The number of rotatable bonds is 7. The van der Waals surface area contributed by atoms with Gasteiger partial charge in [0, 0.05) is 16.9 Å². The van der Waals surface area contributed by atoms with E-state index in [4.69, 9.17) is 0 Å². The number of hydrogen-bond acceptors (Lipinski definition) is 3. The lowest BCUT2D eigenvalue weighted by Gasteiger charge is -2.17. The van der Waals surface area contributed by atoms with Crippen LogP contribution in [0, 0.1) is 6.92 Å². The van der Waals surface area contributed by atoms with Crippen LogP contribution in [0.15, 0.2) is 48.5 Å². The smallest absolute Gasteiger partial charge is 0.255 e. The number of nitrogens with one attached hydrogen (secondary N) is 2. The molecule has 0 bridgehead atoms. The molecule has 0 aromatic heterocycles. The van der Waals surface area contributed by atoms with Crippen LogP contribution in [0.4, 0.5) is 11.4 Å². The molecule has 0 radical (unpaired) electrons. The maximum absolute atomic E-state index is 12.2. The molecule has 0 aliphatic rings.